The van der Waals surface area contributed by atoms with Gasteiger partial charge in [0.25, 0.3) is 0 Å². The minimum absolute atomic E-state index is 0.160. The summed E-state index contributed by atoms with van der Waals surface area (Å²) in [6.07, 6.45) is 0.935. The number of aryl methyl sites for hydroxylation is 1. The molecule has 5 nitrogen and oxygen atoms in total. The summed E-state index contributed by atoms with van der Waals surface area (Å²) in [6.45, 7) is 0. The minimum Gasteiger partial charge on any atom is -0.273 e. The first-order valence-electron chi connectivity index (χ1n) is 7.38. The molecule has 2 aromatic carbocycles. The van der Waals surface area contributed by atoms with Crippen LogP contribution in [0.25, 0.3) is 0 Å². The van der Waals surface area contributed by atoms with Crippen molar-refractivity contribution in [3.05, 3.63) is 70.2 Å². The fourth-order valence-electron chi connectivity index (χ4n) is 2.04. The molecule has 122 valence electrons. The predicted molar refractivity (Wildman–Crippen MR) is 90.9 cm³/mol. The number of rotatable bonds is 5. The number of hydrogen-bond donors (Lipinski definition) is 2. The lowest BCUT2D eigenvalue weighted by Gasteiger charge is -2.07. The molecular weight excluding hydrogens is 326 g/mol. The second kappa shape index (κ2) is 8.70. The van der Waals surface area contributed by atoms with Gasteiger partial charge in [0.15, 0.2) is 0 Å². The molecule has 0 aliphatic heterocycles. The highest BCUT2D eigenvalue weighted by Gasteiger charge is 2.06. The topological polar surface area (TPSA) is 82.0 Å². The SMILES string of the molecule is N#Cc1ccc(CCC(=O)NNC(=O)Cc2ccc(Cl)cc2)cc1. The van der Waals surface area contributed by atoms with E-state index in [4.69, 9.17) is 16.9 Å². The molecule has 0 heterocycles. The number of hydrazine groups is 1. The van der Waals surface area contributed by atoms with E-state index in [1.165, 1.54) is 0 Å². The van der Waals surface area contributed by atoms with Crippen LogP contribution in [0.2, 0.25) is 5.02 Å². The standard InChI is InChI=1S/C18H16ClN3O2/c19-16-8-5-14(6-9-16)11-18(24)22-21-17(23)10-7-13-1-3-15(12-20)4-2-13/h1-6,8-9H,7,10-11H2,(H,21,23)(H,22,24). The number of benzene rings is 2. The number of amides is 2. The van der Waals surface area contributed by atoms with Gasteiger partial charge < -0.3 is 0 Å². The number of carbonyl (C=O) groups is 2. The molecule has 0 saturated heterocycles. The van der Waals surface area contributed by atoms with Gasteiger partial charge in [0.1, 0.15) is 0 Å². The summed E-state index contributed by atoms with van der Waals surface area (Å²) in [5, 5.41) is 9.33. The Morgan fingerprint density at radius 3 is 2.12 bits per heavy atom. The van der Waals surface area contributed by atoms with E-state index in [1.807, 2.05) is 18.2 Å². The van der Waals surface area contributed by atoms with E-state index < -0.39 is 0 Å². The third-order valence-electron chi connectivity index (χ3n) is 3.34. The molecule has 0 fully saturated rings. The third-order valence-corrected chi connectivity index (χ3v) is 3.60. The zero-order valence-corrected chi connectivity index (χ0v) is 13.6. The highest BCUT2D eigenvalue weighted by molar-refractivity contribution is 6.30. The van der Waals surface area contributed by atoms with Gasteiger partial charge in [-0.25, -0.2) is 0 Å². The Bertz CT molecular complexity index is 749. The number of nitrogens with one attached hydrogen (secondary N) is 2. The zero-order valence-electron chi connectivity index (χ0n) is 12.9. The monoisotopic (exact) mass is 341 g/mol. The fourth-order valence-corrected chi connectivity index (χ4v) is 2.16. The molecule has 0 bridgehead atoms. The number of halogens is 1. The summed E-state index contributed by atoms with van der Waals surface area (Å²) in [5.74, 6) is -0.576. The van der Waals surface area contributed by atoms with E-state index in [-0.39, 0.29) is 24.7 Å². The molecule has 0 unspecified atom stereocenters. The number of hydrogen-bond acceptors (Lipinski definition) is 3. The van der Waals surface area contributed by atoms with E-state index in [2.05, 4.69) is 10.9 Å². The molecule has 2 aromatic rings. The first-order valence-corrected chi connectivity index (χ1v) is 7.76. The highest BCUT2D eigenvalue weighted by Crippen LogP contribution is 2.09. The molecule has 0 atom stereocenters. The van der Waals surface area contributed by atoms with Gasteiger partial charge in [-0.05, 0) is 41.8 Å². The maximum Gasteiger partial charge on any atom is 0.242 e. The van der Waals surface area contributed by atoms with Gasteiger partial charge in [-0.15, -0.1) is 0 Å². The Balaban J connectivity index is 1.71. The van der Waals surface area contributed by atoms with E-state index >= 15 is 0 Å². The van der Waals surface area contributed by atoms with Crippen molar-refractivity contribution in [3.8, 4) is 6.07 Å². The van der Waals surface area contributed by atoms with Crippen molar-refractivity contribution in [2.45, 2.75) is 19.3 Å². The lowest BCUT2D eigenvalue weighted by Crippen LogP contribution is -2.42. The zero-order chi connectivity index (χ0) is 17.4. The van der Waals surface area contributed by atoms with Crippen LogP contribution in [-0.4, -0.2) is 11.8 Å². The molecule has 0 aliphatic rings. The van der Waals surface area contributed by atoms with Crippen LogP contribution in [0, 0.1) is 11.3 Å². The average molecular weight is 342 g/mol. The Hall–Kier alpha value is -2.84. The summed E-state index contributed by atoms with van der Waals surface area (Å²) in [6, 6.07) is 16.0. The van der Waals surface area contributed by atoms with Gasteiger partial charge >= 0.3 is 0 Å². The van der Waals surface area contributed by atoms with Crippen molar-refractivity contribution in [3.63, 3.8) is 0 Å². The largest absolute Gasteiger partial charge is 0.273 e. The van der Waals surface area contributed by atoms with Crippen molar-refractivity contribution < 1.29 is 9.59 Å². The lowest BCUT2D eigenvalue weighted by atomic mass is 10.1. The average Bonchev–Trinajstić information content (AvgIpc) is 2.60. The normalized spacial score (nSPS) is 9.83. The van der Waals surface area contributed by atoms with Crippen LogP contribution in [0.3, 0.4) is 0 Å². The van der Waals surface area contributed by atoms with Crippen LogP contribution in [0.4, 0.5) is 0 Å². The summed E-state index contributed by atoms with van der Waals surface area (Å²) >= 11 is 5.78. The number of nitriles is 1. The van der Waals surface area contributed by atoms with Gasteiger partial charge in [-0.3, -0.25) is 20.4 Å². The van der Waals surface area contributed by atoms with Crippen LogP contribution >= 0.6 is 11.6 Å². The quantitative estimate of drug-likeness (QED) is 0.820. The van der Waals surface area contributed by atoms with E-state index in [1.54, 1.807) is 36.4 Å². The van der Waals surface area contributed by atoms with E-state index in [0.29, 0.717) is 17.0 Å². The molecule has 0 spiro atoms. The van der Waals surface area contributed by atoms with Crippen molar-refractivity contribution in [2.75, 3.05) is 0 Å². The number of carbonyl (C=O) groups excluding carboxylic acids is 2. The van der Waals surface area contributed by atoms with E-state index in [0.717, 1.165) is 11.1 Å². The minimum atomic E-state index is -0.302. The molecule has 2 rings (SSSR count). The molecular formula is C18H16ClN3O2. The molecule has 2 N–H and O–H groups in total. The van der Waals surface area contributed by atoms with Gasteiger partial charge in [0.05, 0.1) is 18.1 Å². The molecule has 24 heavy (non-hydrogen) atoms. The van der Waals surface area contributed by atoms with Crippen LogP contribution in [0.5, 0.6) is 0 Å². The maximum absolute atomic E-state index is 11.8. The van der Waals surface area contributed by atoms with Crippen LogP contribution in [0.15, 0.2) is 48.5 Å². The molecule has 0 aliphatic carbocycles. The Morgan fingerprint density at radius 2 is 1.50 bits per heavy atom. The Kier molecular flexibility index (Phi) is 6.35. The molecule has 2 amide bonds. The van der Waals surface area contributed by atoms with Crippen molar-refractivity contribution in [1.29, 1.82) is 5.26 Å². The van der Waals surface area contributed by atoms with Crippen LogP contribution < -0.4 is 10.9 Å². The van der Waals surface area contributed by atoms with Crippen molar-refractivity contribution in [2.24, 2.45) is 0 Å². The maximum atomic E-state index is 11.8. The Morgan fingerprint density at radius 1 is 0.917 bits per heavy atom. The smallest absolute Gasteiger partial charge is 0.242 e. The number of nitrogens with zero attached hydrogens (tertiary/aromatic N) is 1. The highest BCUT2D eigenvalue weighted by atomic mass is 35.5. The van der Waals surface area contributed by atoms with Gasteiger partial charge in [0.2, 0.25) is 11.8 Å². The van der Waals surface area contributed by atoms with E-state index in [9.17, 15) is 9.59 Å². The second-order valence-electron chi connectivity index (χ2n) is 5.21. The predicted octanol–water partition coefficient (Wildman–Crippen LogP) is 2.53. The van der Waals surface area contributed by atoms with Crippen molar-refractivity contribution >= 4 is 23.4 Å². The van der Waals surface area contributed by atoms with Crippen molar-refractivity contribution in [1.82, 2.24) is 10.9 Å². The molecule has 0 radical (unpaired) electrons. The summed E-state index contributed by atoms with van der Waals surface area (Å²) in [5.41, 5.74) is 7.12. The summed E-state index contributed by atoms with van der Waals surface area (Å²) in [7, 11) is 0. The first-order chi connectivity index (χ1) is 11.6. The third kappa shape index (κ3) is 5.75. The molecule has 0 aromatic heterocycles. The first kappa shape index (κ1) is 17.5. The van der Waals surface area contributed by atoms with Gasteiger partial charge in [-0.1, -0.05) is 35.9 Å². The fraction of sp³-hybridized carbons (Fsp3) is 0.167. The van der Waals surface area contributed by atoms with Gasteiger partial charge in [0, 0.05) is 11.4 Å². The second-order valence-corrected chi connectivity index (χ2v) is 5.64. The molecule has 0 saturated carbocycles. The summed E-state index contributed by atoms with van der Waals surface area (Å²) < 4.78 is 0. The van der Waals surface area contributed by atoms with Crippen LogP contribution in [0.1, 0.15) is 23.1 Å². The van der Waals surface area contributed by atoms with Gasteiger partial charge in [-0.2, -0.15) is 5.26 Å². The van der Waals surface area contributed by atoms with Crippen LogP contribution in [-0.2, 0) is 22.4 Å². The Labute approximate surface area is 145 Å². The summed E-state index contributed by atoms with van der Waals surface area (Å²) in [4.78, 5) is 23.5. The molecule has 6 heteroatoms. The lowest BCUT2D eigenvalue weighted by molar-refractivity contribution is -0.128.